The Morgan fingerprint density at radius 3 is 2.51 bits per heavy atom. The van der Waals surface area contributed by atoms with E-state index in [2.05, 4.69) is 0 Å². The maximum atomic E-state index is 12.6. The van der Waals surface area contributed by atoms with Crippen LogP contribution >= 0.6 is 0 Å². The number of benzene rings is 2. The second-order valence-electron chi connectivity index (χ2n) is 10.0. The summed E-state index contributed by atoms with van der Waals surface area (Å²) in [5.41, 5.74) is 3.95. The molecule has 3 aromatic rings. The number of hydrogen-bond acceptors (Lipinski definition) is 6. The molecule has 4 atom stereocenters. The van der Waals surface area contributed by atoms with Gasteiger partial charge in [0.05, 0.1) is 36.9 Å². The molecule has 9 heteroatoms. The van der Waals surface area contributed by atoms with Crippen LogP contribution in [0, 0.1) is 5.92 Å². The van der Waals surface area contributed by atoms with Gasteiger partial charge in [-0.15, -0.1) is 0 Å². The Balaban J connectivity index is 1.67. The first-order valence-corrected chi connectivity index (χ1v) is 12.8. The van der Waals surface area contributed by atoms with Crippen LogP contribution in [0.1, 0.15) is 68.1 Å². The van der Waals surface area contributed by atoms with E-state index in [0.29, 0.717) is 30.0 Å². The molecule has 3 unspecified atom stereocenters. The van der Waals surface area contributed by atoms with Gasteiger partial charge in [-0.05, 0) is 68.9 Å². The Morgan fingerprint density at radius 1 is 1.08 bits per heavy atom. The summed E-state index contributed by atoms with van der Waals surface area (Å²) in [7, 11) is 2.97. The van der Waals surface area contributed by atoms with E-state index in [0.717, 1.165) is 48.0 Å². The van der Waals surface area contributed by atoms with Crippen LogP contribution < -0.4 is 9.64 Å². The molecule has 0 bridgehead atoms. The normalized spacial score (nSPS) is 22.4. The average Bonchev–Trinajstić information content (AvgIpc) is 3.32. The fourth-order valence-electron chi connectivity index (χ4n) is 5.93. The number of carboxylic acids is 1. The second kappa shape index (κ2) is 10.0. The highest BCUT2D eigenvalue weighted by molar-refractivity contribution is 5.95. The highest BCUT2D eigenvalue weighted by Gasteiger charge is 2.35. The third kappa shape index (κ3) is 4.41. The van der Waals surface area contributed by atoms with Crippen molar-refractivity contribution in [3.63, 3.8) is 0 Å². The highest BCUT2D eigenvalue weighted by Crippen LogP contribution is 2.42. The van der Waals surface area contributed by atoms with Crippen LogP contribution in [0.15, 0.2) is 36.4 Å². The topological polar surface area (TPSA) is 114 Å². The Morgan fingerprint density at radius 2 is 1.84 bits per heavy atom. The Labute approximate surface area is 215 Å². The van der Waals surface area contributed by atoms with Crippen molar-refractivity contribution in [1.29, 1.82) is 0 Å². The number of ether oxygens (including phenoxy) is 2. The van der Waals surface area contributed by atoms with Gasteiger partial charge in [0.1, 0.15) is 17.7 Å². The molecule has 196 valence electrons. The summed E-state index contributed by atoms with van der Waals surface area (Å²) in [4.78, 5) is 31.1. The van der Waals surface area contributed by atoms with Crippen LogP contribution in [-0.4, -0.2) is 52.1 Å². The number of methoxy groups -OCH3 is 2. The van der Waals surface area contributed by atoms with Crippen molar-refractivity contribution in [2.45, 2.75) is 63.6 Å². The number of anilines is 1. The molecule has 1 aromatic heterocycles. The molecule has 0 spiro atoms. The first-order valence-electron chi connectivity index (χ1n) is 12.8. The van der Waals surface area contributed by atoms with E-state index >= 15 is 0 Å². The largest absolute Gasteiger partial charge is 0.497 e. The van der Waals surface area contributed by atoms with Crippen LogP contribution in [0.3, 0.4) is 0 Å². The molecule has 37 heavy (non-hydrogen) atoms. The zero-order valence-corrected chi connectivity index (χ0v) is 21.4. The van der Waals surface area contributed by atoms with Crippen molar-refractivity contribution >= 4 is 28.8 Å². The fourth-order valence-corrected chi connectivity index (χ4v) is 5.93. The SMILES string of the molecule is COC(=O)N1c2ccc3c(nc(C(O)c4ccc(OC)cc4)n3C3CCCC(C(=O)O)C3)c2CC[C@@H]1C. The van der Waals surface area contributed by atoms with Crippen LogP contribution in [0.4, 0.5) is 10.5 Å². The number of nitrogens with zero attached hydrogens (tertiary/aromatic N) is 3. The maximum absolute atomic E-state index is 12.6. The lowest BCUT2D eigenvalue weighted by atomic mass is 9.85. The number of rotatable bonds is 5. The molecule has 1 amide bonds. The molecule has 2 aliphatic rings. The van der Waals surface area contributed by atoms with Gasteiger partial charge < -0.3 is 24.3 Å². The minimum Gasteiger partial charge on any atom is -0.497 e. The lowest BCUT2D eigenvalue weighted by Crippen LogP contribution is -2.42. The summed E-state index contributed by atoms with van der Waals surface area (Å²) in [6.07, 6.45) is 2.79. The number of carbonyl (C=O) groups is 2. The molecule has 1 aliphatic carbocycles. The van der Waals surface area contributed by atoms with Crippen LogP contribution in [0.2, 0.25) is 0 Å². The third-order valence-electron chi connectivity index (χ3n) is 7.89. The first kappa shape index (κ1) is 25.1. The first-order chi connectivity index (χ1) is 17.8. The zero-order valence-electron chi connectivity index (χ0n) is 21.4. The molecular formula is C28H33N3O6. The fraction of sp³-hybridized carbons (Fsp3) is 0.464. The molecule has 0 saturated heterocycles. The summed E-state index contributed by atoms with van der Waals surface area (Å²) < 4.78 is 12.4. The van der Waals surface area contributed by atoms with Crippen molar-refractivity contribution in [3.8, 4) is 5.75 Å². The van der Waals surface area contributed by atoms with Crippen LogP contribution in [-0.2, 0) is 16.0 Å². The van der Waals surface area contributed by atoms with Gasteiger partial charge in [-0.2, -0.15) is 0 Å². The van der Waals surface area contributed by atoms with E-state index in [4.69, 9.17) is 14.5 Å². The molecule has 2 heterocycles. The summed E-state index contributed by atoms with van der Waals surface area (Å²) in [5, 5.41) is 21.3. The number of aliphatic hydroxyl groups excluding tert-OH is 1. The number of aromatic nitrogens is 2. The van der Waals surface area contributed by atoms with Gasteiger partial charge >= 0.3 is 12.1 Å². The minimum atomic E-state index is -1.02. The Bertz CT molecular complexity index is 1320. The van der Waals surface area contributed by atoms with E-state index in [-0.39, 0.29) is 12.1 Å². The Kier molecular flexibility index (Phi) is 6.81. The van der Waals surface area contributed by atoms with Gasteiger partial charge in [0.15, 0.2) is 0 Å². The monoisotopic (exact) mass is 507 g/mol. The molecule has 0 radical (unpaired) electrons. The molecule has 1 fully saturated rings. The van der Waals surface area contributed by atoms with E-state index in [1.165, 1.54) is 7.11 Å². The maximum Gasteiger partial charge on any atom is 0.414 e. The van der Waals surface area contributed by atoms with Gasteiger partial charge in [0.25, 0.3) is 0 Å². The number of hydrogen-bond donors (Lipinski definition) is 2. The second-order valence-corrected chi connectivity index (χ2v) is 10.0. The Hall–Kier alpha value is -3.59. The van der Waals surface area contributed by atoms with Gasteiger partial charge in [0, 0.05) is 17.6 Å². The summed E-state index contributed by atoms with van der Waals surface area (Å²) >= 11 is 0. The lowest BCUT2D eigenvalue weighted by molar-refractivity contribution is -0.143. The van der Waals surface area contributed by atoms with Gasteiger partial charge in [-0.3, -0.25) is 9.69 Å². The predicted molar refractivity (Wildman–Crippen MR) is 138 cm³/mol. The number of amides is 1. The number of imidazole rings is 1. The molecule has 1 aliphatic heterocycles. The standard InChI is InChI=1S/C28H33N3O6/c1-16-7-12-21-22(30(16)28(35)37-3)13-14-23-24(21)29-26(25(32)17-8-10-20(36-2)11-9-17)31(23)19-6-4-5-18(15-19)27(33)34/h8-11,13-14,16,18-19,25,32H,4-7,12,15H2,1-3H3,(H,33,34)/t16-,18?,19?,25?/m0/s1. The van der Waals surface area contributed by atoms with Crippen molar-refractivity contribution in [3.05, 3.63) is 53.3 Å². The van der Waals surface area contributed by atoms with Gasteiger partial charge in [-0.25, -0.2) is 9.78 Å². The van der Waals surface area contributed by atoms with Gasteiger partial charge in [-0.1, -0.05) is 18.6 Å². The molecule has 9 nitrogen and oxygen atoms in total. The van der Waals surface area contributed by atoms with Crippen LogP contribution in [0.5, 0.6) is 5.75 Å². The smallest absolute Gasteiger partial charge is 0.414 e. The minimum absolute atomic E-state index is 0.0153. The van der Waals surface area contributed by atoms with E-state index in [9.17, 15) is 19.8 Å². The summed E-state index contributed by atoms with van der Waals surface area (Å²) in [6, 6.07) is 10.9. The summed E-state index contributed by atoms with van der Waals surface area (Å²) in [6.45, 7) is 2.00. The van der Waals surface area contributed by atoms with E-state index in [1.807, 2.05) is 35.8 Å². The van der Waals surface area contributed by atoms with Crippen molar-refractivity contribution in [2.75, 3.05) is 19.1 Å². The number of carbonyl (C=O) groups excluding carboxylic acids is 1. The van der Waals surface area contributed by atoms with Gasteiger partial charge in [0.2, 0.25) is 0 Å². The highest BCUT2D eigenvalue weighted by atomic mass is 16.5. The van der Waals surface area contributed by atoms with Crippen LogP contribution in [0.25, 0.3) is 11.0 Å². The number of carboxylic acid groups (broad SMARTS) is 1. The third-order valence-corrected chi connectivity index (χ3v) is 7.89. The van der Waals surface area contributed by atoms with Crippen molar-refractivity contribution < 1.29 is 29.3 Å². The molecule has 1 saturated carbocycles. The molecule has 2 N–H and O–H groups in total. The lowest BCUT2D eigenvalue weighted by Gasteiger charge is -2.34. The number of aryl methyl sites for hydroxylation is 1. The van der Waals surface area contributed by atoms with E-state index < -0.39 is 24.1 Å². The molecule has 2 aromatic carbocycles. The quantitative estimate of drug-likeness (QED) is 0.507. The predicted octanol–water partition coefficient (Wildman–Crippen LogP) is 4.85. The molecular weight excluding hydrogens is 474 g/mol. The van der Waals surface area contributed by atoms with Crippen molar-refractivity contribution in [2.24, 2.45) is 5.92 Å². The van der Waals surface area contributed by atoms with Crippen molar-refractivity contribution in [1.82, 2.24) is 9.55 Å². The average molecular weight is 508 g/mol. The molecule has 5 rings (SSSR count). The number of aliphatic carboxylic acids is 1. The number of fused-ring (bicyclic) bond motifs is 3. The number of aliphatic hydroxyl groups is 1. The zero-order chi connectivity index (χ0) is 26.3. The summed E-state index contributed by atoms with van der Waals surface area (Å²) in [5.74, 6) is -0.0538. The van der Waals surface area contributed by atoms with E-state index in [1.54, 1.807) is 24.1 Å².